The number of aromatic nitrogens is 2. The van der Waals surface area contributed by atoms with E-state index in [1.807, 2.05) is 30.3 Å². The van der Waals surface area contributed by atoms with Crippen molar-refractivity contribution >= 4 is 0 Å². The molecule has 1 aromatic carbocycles. The number of hydrogen-bond donors (Lipinski definition) is 1. The highest BCUT2D eigenvalue weighted by molar-refractivity contribution is 5.23. The number of aliphatic hydroxyl groups excluding tert-OH is 1. The van der Waals surface area contributed by atoms with Crippen molar-refractivity contribution in [3.05, 3.63) is 47.7 Å². The van der Waals surface area contributed by atoms with Crippen LogP contribution in [-0.2, 0) is 20.3 Å². The van der Waals surface area contributed by atoms with Gasteiger partial charge < -0.3 is 9.84 Å². The first kappa shape index (κ1) is 10.7. The van der Waals surface area contributed by atoms with Crippen molar-refractivity contribution in [1.82, 2.24) is 9.78 Å². The third-order valence-electron chi connectivity index (χ3n) is 2.25. The van der Waals surface area contributed by atoms with E-state index >= 15 is 0 Å². The third-order valence-corrected chi connectivity index (χ3v) is 2.25. The third kappa shape index (κ3) is 2.41. The van der Waals surface area contributed by atoms with Crippen molar-refractivity contribution in [2.75, 3.05) is 0 Å². The topological polar surface area (TPSA) is 47.3 Å². The fraction of sp³-hybridized carbons (Fsp3) is 0.250. The summed E-state index contributed by atoms with van der Waals surface area (Å²) >= 11 is 0. The van der Waals surface area contributed by atoms with E-state index in [9.17, 15) is 0 Å². The first-order chi connectivity index (χ1) is 7.79. The number of benzene rings is 1. The highest BCUT2D eigenvalue weighted by Gasteiger charge is 2.07. The molecular weight excluding hydrogens is 204 g/mol. The minimum absolute atomic E-state index is 0.0576. The molecule has 0 spiro atoms. The molecule has 1 N–H and O–H groups in total. The van der Waals surface area contributed by atoms with Gasteiger partial charge in [-0.25, -0.2) is 0 Å². The van der Waals surface area contributed by atoms with Crippen LogP contribution >= 0.6 is 0 Å². The van der Waals surface area contributed by atoms with Crippen molar-refractivity contribution in [1.29, 1.82) is 0 Å². The molecule has 4 heteroatoms. The largest absolute Gasteiger partial charge is 0.471 e. The van der Waals surface area contributed by atoms with Crippen molar-refractivity contribution in [3.8, 4) is 5.88 Å². The average Bonchev–Trinajstić information content (AvgIpc) is 2.68. The Hall–Kier alpha value is -1.81. The Kier molecular flexibility index (Phi) is 3.22. The summed E-state index contributed by atoms with van der Waals surface area (Å²) in [6.07, 6.45) is 1.75. The minimum Gasteiger partial charge on any atom is -0.471 e. The SMILES string of the molecule is Cn1cc(CO)c(OCc2ccccc2)n1. The number of nitrogens with zero attached hydrogens (tertiary/aromatic N) is 2. The summed E-state index contributed by atoms with van der Waals surface area (Å²) in [5.74, 6) is 0.494. The van der Waals surface area contributed by atoms with E-state index in [1.54, 1.807) is 17.9 Å². The van der Waals surface area contributed by atoms with Crippen LogP contribution in [0, 0.1) is 0 Å². The molecule has 84 valence electrons. The molecule has 0 atom stereocenters. The summed E-state index contributed by atoms with van der Waals surface area (Å²) in [4.78, 5) is 0. The molecule has 0 aliphatic heterocycles. The molecule has 0 unspecified atom stereocenters. The molecule has 0 aliphatic carbocycles. The fourth-order valence-corrected chi connectivity index (χ4v) is 1.47. The zero-order valence-electron chi connectivity index (χ0n) is 9.13. The van der Waals surface area contributed by atoms with E-state index in [-0.39, 0.29) is 6.61 Å². The van der Waals surface area contributed by atoms with Gasteiger partial charge in [0.05, 0.1) is 12.2 Å². The van der Waals surface area contributed by atoms with Gasteiger partial charge in [-0.3, -0.25) is 4.68 Å². The maximum atomic E-state index is 9.10. The molecule has 0 aliphatic rings. The Morgan fingerprint density at radius 1 is 1.31 bits per heavy atom. The van der Waals surface area contributed by atoms with Crippen LogP contribution in [0.2, 0.25) is 0 Å². The maximum Gasteiger partial charge on any atom is 0.238 e. The lowest BCUT2D eigenvalue weighted by molar-refractivity contribution is 0.254. The summed E-state index contributed by atoms with van der Waals surface area (Å²) in [6, 6.07) is 9.86. The standard InChI is InChI=1S/C12H14N2O2/c1-14-7-11(8-15)12(13-14)16-9-10-5-3-2-4-6-10/h2-7,15H,8-9H2,1H3. The molecular formula is C12H14N2O2. The highest BCUT2D eigenvalue weighted by atomic mass is 16.5. The van der Waals surface area contributed by atoms with Crippen LogP contribution in [-0.4, -0.2) is 14.9 Å². The van der Waals surface area contributed by atoms with E-state index in [0.29, 0.717) is 18.1 Å². The Balaban J connectivity index is 2.04. The average molecular weight is 218 g/mol. The Morgan fingerprint density at radius 3 is 2.75 bits per heavy atom. The number of aryl methyl sites for hydroxylation is 1. The van der Waals surface area contributed by atoms with Crippen LogP contribution in [0.4, 0.5) is 0 Å². The summed E-state index contributed by atoms with van der Waals surface area (Å²) in [7, 11) is 1.80. The number of hydrogen-bond acceptors (Lipinski definition) is 3. The van der Waals surface area contributed by atoms with Gasteiger partial charge in [-0.1, -0.05) is 30.3 Å². The van der Waals surface area contributed by atoms with Crippen LogP contribution in [0.25, 0.3) is 0 Å². The molecule has 2 rings (SSSR count). The highest BCUT2D eigenvalue weighted by Crippen LogP contribution is 2.16. The quantitative estimate of drug-likeness (QED) is 0.845. The second-order valence-corrected chi connectivity index (χ2v) is 3.57. The zero-order valence-corrected chi connectivity index (χ0v) is 9.13. The Morgan fingerprint density at radius 2 is 2.06 bits per heavy atom. The smallest absolute Gasteiger partial charge is 0.238 e. The number of rotatable bonds is 4. The predicted octanol–water partition coefficient (Wildman–Crippen LogP) is 1.49. The monoisotopic (exact) mass is 218 g/mol. The van der Waals surface area contributed by atoms with Gasteiger partial charge in [-0.15, -0.1) is 5.10 Å². The van der Waals surface area contributed by atoms with Crippen molar-refractivity contribution in [2.24, 2.45) is 7.05 Å². The normalized spacial score (nSPS) is 10.4. The molecule has 0 radical (unpaired) electrons. The lowest BCUT2D eigenvalue weighted by Crippen LogP contribution is -1.98. The van der Waals surface area contributed by atoms with Crippen LogP contribution in [0.5, 0.6) is 5.88 Å². The first-order valence-corrected chi connectivity index (χ1v) is 5.09. The van der Waals surface area contributed by atoms with Crippen molar-refractivity contribution in [3.63, 3.8) is 0 Å². The van der Waals surface area contributed by atoms with Gasteiger partial charge in [-0.2, -0.15) is 0 Å². The van der Waals surface area contributed by atoms with E-state index in [2.05, 4.69) is 5.10 Å². The zero-order chi connectivity index (χ0) is 11.4. The van der Waals surface area contributed by atoms with Gasteiger partial charge in [0.15, 0.2) is 0 Å². The summed E-state index contributed by atoms with van der Waals surface area (Å²) in [6.45, 7) is 0.406. The van der Waals surface area contributed by atoms with Gasteiger partial charge in [0.2, 0.25) is 5.88 Å². The molecule has 0 amide bonds. The van der Waals surface area contributed by atoms with Crippen LogP contribution in [0.1, 0.15) is 11.1 Å². The molecule has 4 nitrogen and oxygen atoms in total. The van der Waals surface area contributed by atoms with Gasteiger partial charge >= 0.3 is 0 Å². The van der Waals surface area contributed by atoms with Crippen molar-refractivity contribution < 1.29 is 9.84 Å². The Labute approximate surface area is 94.1 Å². The minimum atomic E-state index is -0.0576. The second kappa shape index (κ2) is 4.81. The molecule has 1 heterocycles. The summed E-state index contributed by atoms with van der Waals surface area (Å²) < 4.78 is 7.17. The van der Waals surface area contributed by atoms with Gasteiger partial charge in [0.1, 0.15) is 6.61 Å². The van der Waals surface area contributed by atoms with Gasteiger partial charge in [-0.05, 0) is 5.56 Å². The first-order valence-electron chi connectivity index (χ1n) is 5.09. The fourth-order valence-electron chi connectivity index (χ4n) is 1.47. The maximum absolute atomic E-state index is 9.10. The van der Waals surface area contributed by atoms with Gasteiger partial charge in [0.25, 0.3) is 0 Å². The van der Waals surface area contributed by atoms with E-state index in [1.165, 1.54) is 0 Å². The summed E-state index contributed by atoms with van der Waals surface area (Å²) in [5.41, 5.74) is 1.79. The molecule has 1 aromatic heterocycles. The number of aliphatic hydroxyl groups is 1. The van der Waals surface area contributed by atoms with Crippen LogP contribution in [0.3, 0.4) is 0 Å². The van der Waals surface area contributed by atoms with Gasteiger partial charge in [0, 0.05) is 13.2 Å². The lowest BCUT2D eigenvalue weighted by Gasteiger charge is -2.04. The molecule has 0 fully saturated rings. The molecule has 0 bridgehead atoms. The molecule has 16 heavy (non-hydrogen) atoms. The summed E-state index contributed by atoms with van der Waals surface area (Å²) in [5, 5.41) is 13.2. The van der Waals surface area contributed by atoms with Crippen molar-refractivity contribution in [2.45, 2.75) is 13.2 Å². The second-order valence-electron chi connectivity index (χ2n) is 3.57. The van der Waals surface area contributed by atoms with Crippen LogP contribution < -0.4 is 4.74 Å². The molecule has 0 saturated carbocycles. The predicted molar refractivity (Wildman–Crippen MR) is 59.9 cm³/mol. The Bertz CT molecular complexity index is 451. The molecule has 2 aromatic rings. The van der Waals surface area contributed by atoms with E-state index in [4.69, 9.17) is 9.84 Å². The van der Waals surface area contributed by atoms with E-state index < -0.39 is 0 Å². The molecule has 0 saturated heterocycles. The van der Waals surface area contributed by atoms with E-state index in [0.717, 1.165) is 5.56 Å². The number of ether oxygens (including phenoxy) is 1. The lowest BCUT2D eigenvalue weighted by atomic mass is 10.2. The van der Waals surface area contributed by atoms with Crippen LogP contribution in [0.15, 0.2) is 36.5 Å².